The second kappa shape index (κ2) is 8.18. The molecule has 3 N–H and O–H groups in total. The van der Waals surface area contributed by atoms with Gasteiger partial charge in [0, 0.05) is 16.5 Å². The molecule has 0 spiro atoms. The van der Waals surface area contributed by atoms with Crippen LogP contribution in [0, 0.1) is 0 Å². The third kappa shape index (κ3) is 4.72. The minimum Gasteiger partial charge on any atom is -0.480 e. The molecule has 1 saturated heterocycles. The molecule has 0 bridgehead atoms. The van der Waals surface area contributed by atoms with E-state index in [9.17, 15) is 19.5 Å². The van der Waals surface area contributed by atoms with Crippen LogP contribution in [0.2, 0.25) is 10.0 Å². The Balaban J connectivity index is 2.30. The SMILES string of the molecule is NC(=O)CC[C@@H](C(=O)O)N1C(=O)/C(=C/c2ccc(Cl)cc2Cl)SC1=S. The summed E-state index contributed by atoms with van der Waals surface area (Å²) in [4.78, 5) is 36.2. The van der Waals surface area contributed by atoms with Crippen LogP contribution in [-0.4, -0.2) is 38.2 Å². The van der Waals surface area contributed by atoms with Gasteiger partial charge in [0.15, 0.2) is 0 Å². The number of halogens is 2. The molecule has 1 fully saturated rings. The van der Waals surface area contributed by atoms with Crippen molar-refractivity contribution in [2.45, 2.75) is 18.9 Å². The normalized spacial score (nSPS) is 17.2. The summed E-state index contributed by atoms with van der Waals surface area (Å²) in [5.41, 5.74) is 5.61. The van der Waals surface area contributed by atoms with Crippen molar-refractivity contribution in [1.29, 1.82) is 0 Å². The first-order valence-electron chi connectivity index (χ1n) is 6.94. The molecule has 2 rings (SSSR count). The third-order valence-electron chi connectivity index (χ3n) is 3.33. The summed E-state index contributed by atoms with van der Waals surface area (Å²) in [6.45, 7) is 0. The number of rotatable bonds is 6. The number of nitrogens with two attached hydrogens (primary N) is 1. The minimum atomic E-state index is -1.26. The standard InChI is InChI=1S/C15H12Cl2N2O4S2/c16-8-2-1-7(9(17)6-8)5-11-13(21)19(15(24)25-11)10(14(22)23)3-4-12(18)20/h1-2,5-6,10H,3-4H2,(H2,18,20)(H,22,23)/b11-5-/t10-/m0/s1. The van der Waals surface area contributed by atoms with Crippen LogP contribution >= 0.6 is 47.2 Å². The minimum absolute atomic E-state index is 0.0956. The predicted octanol–water partition coefficient (Wildman–Crippen LogP) is 2.91. The van der Waals surface area contributed by atoms with Crippen molar-refractivity contribution in [3.05, 3.63) is 38.7 Å². The number of thiocarbonyl (C=S) groups is 1. The number of amides is 2. The van der Waals surface area contributed by atoms with Crippen molar-refractivity contribution in [2.24, 2.45) is 5.73 Å². The molecule has 25 heavy (non-hydrogen) atoms. The van der Waals surface area contributed by atoms with Gasteiger partial charge in [0.1, 0.15) is 10.4 Å². The highest BCUT2D eigenvalue weighted by atomic mass is 35.5. The Labute approximate surface area is 162 Å². The first-order valence-corrected chi connectivity index (χ1v) is 8.92. The van der Waals surface area contributed by atoms with Gasteiger partial charge in [-0.3, -0.25) is 14.5 Å². The van der Waals surface area contributed by atoms with E-state index in [0.717, 1.165) is 16.7 Å². The second-order valence-electron chi connectivity index (χ2n) is 5.08. The Kier molecular flexibility index (Phi) is 6.45. The molecule has 1 aliphatic heterocycles. The monoisotopic (exact) mass is 418 g/mol. The average molecular weight is 419 g/mol. The van der Waals surface area contributed by atoms with E-state index in [0.29, 0.717) is 15.6 Å². The molecular weight excluding hydrogens is 407 g/mol. The summed E-state index contributed by atoms with van der Waals surface area (Å²) in [6.07, 6.45) is 1.23. The smallest absolute Gasteiger partial charge is 0.326 e. The summed E-state index contributed by atoms with van der Waals surface area (Å²) >= 11 is 18.0. The first kappa shape index (κ1) is 19.7. The molecule has 132 valence electrons. The van der Waals surface area contributed by atoms with Crippen molar-refractivity contribution >= 4 is 75.4 Å². The lowest BCUT2D eigenvalue weighted by atomic mass is 10.1. The highest BCUT2D eigenvalue weighted by Gasteiger charge is 2.40. The molecule has 1 aromatic rings. The number of carboxylic acid groups (broad SMARTS) is 1. The summed E-state index contributed by atoms with van der Waals surface area (Å²) < 4.78 is 0.0956. The molecular formula is C15H12Cl2N2O4S2. The lowest BCUT2D eigenvalue weighted by Crippen LogP contribution is -2.44. The number of carbonyl (C=O) groups excluding carboxylic acids is 2. The summed E-state index contributed by atoms with van der Waals surface area (Å²) in [5, 5.41) is 10.2. The number of hydrogen-bond acceptors (Lipinski definition) is 5. The number of aliphatic carboxylic acids is 1. The van der Waals surface area contributed by atoms with E-state index in [1.165, 1.54) is 12.1 Å². The van der Waals surface area contributed by atoms with Gasteiger partial charge >= 0.3 is 5.97 Å². The van der Waals surface area contributed by atoms with E-state index in [-0.39, 0.29) is 22.1 Å². The van der Waals surface area contributed by atoms with Crippen LogP contribution in [0.5, 0.6) is 0 Å². The van der Waals surface area contributed by atoms with Gasteiger partial charge < -0.3 is 10.8 Å². The number of primary amides is 1. The molecule has 1 aliphatic rings. The molecule has 1 aromatic carbocycles. The second-order valence-corrected chi connectivity index (χ2v) is 7.60. The van der Waals surface area contributed by atoms with E-state index in [4.69, 9.17) is 41.2 Å². The number of thioether (sulfide) groups is 1. The van der Waals surface area contributed by atoms with Crippen molar-refractivity contribution in [3.8, 4) is 0 Å². The van der Waals surface area contributed by atoms with Gasteiger partial charge in [-0.05, 0) is 30.2 Å². The zero-order valence-corrected chi connectivity index (χ0v) is 15.7. The zero-order valence-electron chi connectivity index (χ0n) is 12.6. The third-order valence-corrected chi connectivity index (χ3v) is 5.23. The van der Waals surface area contributed by atoms with Crippen LogP contribution < -0.4 is 5.73 Å². The number of carbonyl (C=O) groups is 3. The molecule has 0 aromatic heterocycles. The highest BCUT2D eigenvalue weighted by molar-refractivity contribution is 8.26. The maximum atomic E-state index is 12.6. The van der Waals surface area contributed by atoms with E-state index in [2.05, 4.69) is 0 Å². The molecule has 6 nitrogen and oxygen atoms in total. The lowest BCUT2D eigenvalue weighted by molar-refractivity contribution is -0.145. The Hall–Kier alpha value is -1.61. The fraction of sp³-hybridized carbons (Fsp3) is 0.200. The van der Waals surface area contributed by atoms with E-state index < -0.39 is 23.8 Å². The van der Waals surface area contributed by atoms with E-state index in [1.807, 2.05) is 0 Å². The van der Waals surface area contributed by atoms with Gasteiger partial charge in [-0.15, -0.1) is 0 Å². The molecule has 0 aliphatic carbocycles. The van der Waals surface area contributed by atoms with Gasteiger partial charge in [-0.1, -0.05) is 53.2 Å². The van der Waals surface area contributed by atoms with Gasteiger partial charge in [0.2, 0.25) is 5.91 Å². The number of nitrogens with zero attached hydrogens (tertiary/aromatic N) is 1. The molecule has 1 atom stereocenters. The molecule has 2 amide bonds. The molecule has 1 heterocycles. The number of benzene rings is 1. The van der Waals surface area contributed by atoms with Crippen LogP contribution in [0.3, 0.4) is 0 Å². The van der Waals surface area contributed by atoms with E-state index >= 15 is 0 Å². The number of hydrogen-bond donors (Lipinski definition) is 2. The Bertz CT molecular complexity index is 798. The predicted molar refractivity (Wildman–Crippen MR) is 101 cm³/mol. The fourth-order valence-corrected chi connectivity index (χ4v) is 3.96. The topological polar surface area (TPSA) is 101 Å². The molecule has 0 radical (unpaired) electrons. The van der Waals surface area contributed by atoms with Gasteiger partial charge in [0.25, 0.3) is 5.91 Å². The van der Waals surface area contributed by atoms with Crippen molar-refractivity contribution in [3.63, 3.8) is 0 Å². The largest absolute Gasteiger partial charge is 0.480 e. The van der Waals surface area contributed by atoms with Crippen LogP contribution in [0.1, 0.15) is 18.4 Å². The van der Waals surface area contributed by atoms with Crippen LogP contribution in [-0.2, 0) is 14.4 Å². The molecule has 10 heteroatoms. The van der Waals surface area contributed by atoms with Crippen LogP contribution in [0.15, 0.2) is 23.1 Å². The van der Waals surface area contributed by atoms with E-state index in [1.54, 1.807) is 12.1 Å². The Morgan fingerprint density at radius 1 is 1.40 bits per heavy atom. The molecule has 0 unspecified atom stereocenters. The maximum absolute atomic E-state index is 12.6. The highest BCUT2D eigenvalue weighted by Crippen LogP contribution is 2.36. The first-order chi connectivity index (χ1) is 11.7. The summed E-state index contributed by atoms with van der Waals surface area (Å²) in [5.74, 6) is -2.47. The summed E-state index contributed by atoms with van der Waals surface area (Å²) in [6, 6.07) is 3.53. The fourth-order valence-electron chi connectivity index (χ4n) is 2.15. The Morgan fingerprint density at radius 3 is 2.64 bits per heavy atom. The lowest BCUT2D eigenvalue weighted by Gasteiger charge is -2.22. The van der Waals surface area contributed by atoms with Crippen molar-refractivity contribution in [2.75, 3.05) is 0 Å². The average Bonchev–Trinajstić information content (AvgIpc) is 2.77. The van der Waals surface area contributed by atoms with Gasteiger partial charge in [-0.25, -0.2) is 4.79 Å². The van der Waals surface area contributed by atoms with Crippen molar-refractivity contribution < 1.29 is 19.5 Å². The van der Waals surface area contributed by atoms with Crippen LogP contribution in [0.25, 0.3) is 6.08 Å². The number of carboxylic acids is 1. The van der Waals surface area contributed by atoms with Crippen molar-refractivity contribution in [1.82, 2.24) is 4.90 Å². The summed E-state index contributed by atoms with van der Waals surface area (Å²) in [7, 11) is 0. The maximum Gasteiger partial charge on any atom is 0.326 e. The van der Waals surface area contributed by atoms with Gasteiger partial charge in [0.05, 0.1) is 4.91 Å². The zero-order chi connectivity index (χ0) is 18.7. The van der Waals surface area contributed by atoms with Gasteiger partial charge in [-0.2, -0.15) is 0 Å². The Morgan fingerprint density at radius 2 is 2.08 bits per heavy atom. The molecule has 0 saturated carbocycles. The van der Waals surface area contributed by atoms with Crippen LogP contribution in [0.4, 0.5) is 0 Å². The quantitative estimate of drug-likeness (QED) is 0.543.